The van der Waals surface area contributed by atoms with Gasteiger partial charge in [0.25, 0.3) is 0 Å². The molecule has 0 aliphatic rings. The van der Waals surface area contributed by atoms with Crippen LogP contribution in [0.25, 0.3) is 124 Å². The Morgan fingerprint density at radius 3 is 1.19 bits per heavy atom. The number of aromatic nitrogens is 1. The summed E-state index contributed by atoms with van der Waals surface area (Å²) in [5, 5.41) is 15.3. The van der Waals surface area contributed by atoms with Crippen molar-refractivity contribution in [2.45, 2.75) is 52.4 Å². The van der Waals surface area contributed by atoms with E-state index in [0.717, 1.165) is 0 Å². The largest absolute Gasteiger partial charge is 0.308 e. The molecule has 2 heterocycles. The van der Waals surface area contributed by atoms with E-state index in [1.807, 2.05) is 11.3 Å². The van der Waals surface area contributed by atoms with Gasteiger partial charge in [-0.05, 0) is 130 Å². The number of rotatable bonds is 4. The number of benzene rings is 11. The van der Waals surface area contributed by atoms with Crippen molar-refractivity contribution in [2.24, 2.45) is 0 Å². The van der Waals surface area contributed by atoms with E-state index in [9.17, 15) is 0 Å². The van der Waals surface area contributed by atoms with Crippen LogP contribution in [-0.2, 0) is 10.8 Å². The van der Waals surface area contributed by atoms with E-state index in [-0.39, 0.29) is 10.8 Å². The predicted molar refractivity (Wildman–Crippen MR) is 297 cm³/mol. The molecular weight excluding hydrogens is 839 g/mol. The fourth-order valence-electron chi connectivity index (χ4n) is 11.3. The van der Waals surface area contributed by atoms with Crippen molar-refractivity contribution in [1.82, 2.24) is 4.57 Å². The van der Waals surface area contributed by atoms with Gasteiger partial charge < -0.3 is 4.57 Å². The van der Waals surface area contributed by atoms with Crippen molar-refractivity contribution in [1.29, 1.82) is 0 Å². The minimum atomic E-state index is 0.0291. The number of hydrogen-bond acceptors (Lipinski definition) is 1. The third kappa shape index (κ3) is 6.20. The van der Waals surface area contributed by atoms with Gasteiger partial charge in [0.05, 0.1) is 16.7 Å². The van der Waals surface area contributed by atoms with Gasteiger partial charge in [0.2, 0.25) is 0 Å². The number of hydrogen-bond donors (Lipinski definition) is 0. The maximum absolute atomic E-state index is 2.56. The van der Waals surface area contributed by atoms with Gasteiger partial charge in [-0.2, -0.15) is 0 Å². The van der Waals surface area contributed by atoms with Crippen LogP contribution in [0.15, 0.2) is 200 Å². The van der Waals surface area contributed by atoms with Crippen molar-refractivity contribution < 1.29 is 0 Å². The van der Waals surface area contributed by atoms with Crippen LogP contribution in [0.2, 0.25) is 0 Å². The summed E-state index contributed by atoms with van der Waals surface area (Å²) in [4.78, 5) is 0. The van der Waals surface area contributed by atoms with Crippen molar-refractivity contribution in [2.75, 3.05) is 0 Å². The van der Waals surface area contributed by atoms with Crippen LogP contribution in [0.4, 0.5) is 0 Å². The van der Waals surface area contributed by atoms with Crippen LogP contribution in [0, 0.1) is 0 Å². The number of nitrogens with zero attached hydrogens (tertiary/aromatic N) is 1. The summed E-state index contributed by atoms with van der Waals surface area (Å²) in [6, 6.07) is 75.7. The third-order valence-electron chi connectivity index (χ3n) is 14.7. The molecule has 2 heteroatoms. The molecule has 0 saturated heterocycles. The second-order valence-corrected chi connectivity index (χ2v) is 21.9. The first-order chi connectivity index (χ1) is 33.0. The van der Waals surface area contributed by atoms with Gasteiger partial charge in [-0.25, -0.2) is 0 Å². The van der Waals surface area contributed by atoms with Gasteiger partial charge in [0.15, 0.2) is 0 Å². The summed E-state index contributed by atoms with van der Waals surface area (Å²) < 4.78 is 5.16. The highest BCUT2D eigenvalue weighted by Gasteiger charge is 2.25. The van der Waals surface area contributed by atoms with Crippen LogP contribution in [0.3, 0.4) is 0 Å². The summed E-state index contributed by atoms with van der Waals surface area (Å²) in [6.45, 7) is 13.9. The molecule has 2 aromatic heterocycles. The van der Waals surface area contributed by atoms with Gasteiger partial charge in [-0.15, -0.1) is 11.3 Å². The quantitative estimate of drug-likeness (QED) is 0.155. The molecule has 0 radical (unpaired) electrons. The third-order valence-corrected chi connectivity index (χ3v) is 15.8. The molecule has 0 unspecified atom stereocenters. The monoisotopic (exact) mass is 889 g/mol. The molecule has 0 amide bonds. The molecule has 1 nitrogen and oxygen atoms in total. The Labute approximate surface area is 401 Å². The lowest BCUT2D eigenvalue weighted by molar-refractivity contribution is 0.590. The summed E-state index contributed by atoms with van der Waals surface area (Å²) in [6.07, 6.45) is 0. The molecular formula is C66H51NS. The Morgan fingerprint density at radius 1 is 0.294 bits per heavy atom. The average Bonchev–Trinajstić information content (AvgIpc) is 3.88. The Hall–Kier alpha value is -7.52. The van der Waals surface area contributed by atoms with Crippen LogP contribution >= 0.6 is 11.3 Å². The van der Waals surface area contributed by atoms with E-state index in [1.165, 1.54) is 135 Å². The van der Waals surface area contributed by atoms with Gasteiger partial charge in [0.1, 0.15) is 0 Å². The zero-order chi connectivity index (χ0) is 46.1. The van der Waals surface area contributed by atoms with E-state index in [2.05, 4.69) is 246 Å². The van der Waals surface area contributed by atoms with Crippen molar-refractivity contribution in [3.8, 4) is 39.1 Å². The first-order valence-corrected chi connectivity index (χ1v) is 24.8. The minimum Gasteiger partial charge on any atom is -0.308 e. The minimum absolute atomic E-state index is 0.0291. The fraction of sp³-hybridized carbons (Fsp3) is 0.121. The van der Waals surface area contributed by atoms with Crippen LogP contribution in [0.5, 0.6) is 0 Å². The molecule has 0 atom stereocenters. The molecule has 0 fully saturated rings. The predicted octanol–water partition coefficient (Wildman–Crippen LogP) is 19.4. The zero-order valence-electron chi connectivity index (χ0n) is 39.4. The van der Waals surface area contributed by atoms with E-state index in [4.69, 9.17) is 0 Å². The van der Waals surface area contributed by atoms with Gasteiger partial charge >= 0.3 is 0 Å². The van der Waals surface area contributed by atoms with Crippen LogP contribution in [0.1, 0.15) is 52.7 Å². The lowest BCUT2D eigenvalue weighted by atomic mass is 9.85. The van der Waals surface area contributed by atoms with Gasteiger partial charge in [-0.3, -0.25) is 0 Å². The first kappa shape index (κ1) is 40.7. The first-order valence-electron chi connectivity index (χ1n) is 24.0. The lowest BCUT2D eigenvalue weighted by Gasteiger charge is -2.21. The highest BCUT2D eigenvalue weighted by atomic mass is 32.1. The van der Waals surface area contributed by atoms with Crippen LogP contribution in [-0.4, -0.2) is 4.57 Å². The molecule has 0 aliphatic carbocycles. The molecule has 0 spiro atoms. The van der Waals surface area contributed by atoms with Gasteiger partial charge in [0, 0.05) is 41.7 Å². The number of fused-ring (bicyclic) bond motifs is 10. The average molecular weight is 890 g/mol. The topological polar surface area (TPSA) is 4.93 Å². The second-order valence-electron chi connectivity index (χ2n) is 20.8. The molecule has 11 aromatic carbocycles. The Balaban J connectivity index is 1.02. The highest BCUT2D eigenvalue weighted by molar-refractivity contribution is 7.25. The summed E-state index contributed by atoms with van der Waals surface area (Å²) in [7, 11) is 0. The second kappa shape index (κ2) is 15.0. The van der Waals surface area contributed by atoms with E-state index in [1.54, 1.807) is 0 Å². The maximum atomic E-state index is 2.56. The number of thiophene rings is 1. The molecule has 13 rings (SSSR count). The summed E-state index contributed by atoms with van der Waals surface area (Å²) in [5.41, 5.74) is 14.1. The Morgan fingerprint density at radius 2 is 0.706 bits per heavy atom. The fourth-order valence-corrected chi connectivity index (χ4v) is 12.4. The molecule has 68 heavy (non-hydrogen) atoms. The van der Waals surface area contributed by atoms with Crippen molar-refractivity contribution >= 4 is 96.4 Å². The Bertz CT molecular complexity index is 4020. The highest BCUT2D eigenvalue weighted by Crippen LogP contribution is 2.49. The van der Waals surface area contributed by atoms with E-state index >= 15 is 0 Å². The standard InChI is InChI=1S/C66H51NS/c1-65(2,3)43-30-33-57-54(38-43)55-39-44(66(4,5)6)31-34-58(55)67(57)64-52-26-16-14-24-50(52)62(51-25-15-17-27-53(51)64)41-29-35-59-56(36-41)45-32-28-42(37-60(45)68-59)63-48-22-12-10-20-46(48)61(40-18-8-7-9-19-40)47-21-11-13-23-49(47)63/h7-39H,1-6H3. The lowest BCUT2D eigenvalue weighted by Crippen LogP contribution is -2.10. The summed E-state index contributed by atoms with van der Waals surface area (Å²) in [5.74, 6) is 0. The molecule has 0 saturated carbocycles. The zero-order valence-corrected chi connectivity index (χ0v) is 40.2. The normalized spacial score (nSPS) is 12.6. The summed E-state index contributed by atoms with van der Waals surface area (Å²) >= 11 is 1.90. The smallest absolute Gasteiger partial charge is 0.0619 e. The molecule has 326 valence electrons. The van der Waals surface area contributed by atoms with Crippen molar-refractivity contribution in [3.63, 3.8) is 0 Å². The van der Waals surface area contributed by atoms with E-state index in [0.29, 0.717) is 0 Å². The molecule has 13 aromatic rings. The van der Waals surface area contributed by atoms with E-state index < -0.39 is 0 Å². The SMILES string of the molecule is CC(C)(C)c1ccc2c(c1)c1cc(C(C)(C)C)ccc1n2-c1c2ccccc2c(-c2ccc3sc4cc(-c5c6ccccc6c(-c6ccccc6)c6ccccc56)ccc4c3c2)c2ccccc12. The van der Waals surface area contributed by atoms with Gasteiger partial charge in [-0.1, -0.05) is 199 Å². The van der Waals surface area contributed by atoms with Crippen LogP contribution < -0.4 is 0 Å². The van der Waals surface area contributed by atoms with Crippen molar-refractivity contribution in [3.05, 3.63) is 211 Å². The Kier molecular flexibility index (Phi) is 8.98. The molecule has 0 aliphatic heterocycles. The maximum Gasteiger partial charge on any atom is 0.0619 e. The molecule has 0 N–H and O–H groups in total. The molecule has 0 bridgehead atoms.